The lowest BCUT2D eigenvalue weighted by Crippen LogP contribution is -2.44. The second kappa shape index (κ2) is 8.68. The summed E-state index contributed by atoms with van der Waals surface area (Å²) in [6.45, 7) is -0.217. The molecule has 4 amide bonds. The van der Waals surface area contributed by atoms with Crippen LogP contribution in [0.1, 0.15) is 50.5 Å². The molecule has 7 heteroatoms. The maximum atomic E-state index is 12.8. The van der Waals surface area contributed by atoms with Crippen molar-refractivity contribution < 1.29 is 14.4 Å². The van der Waals surface area contributed by atoms with Crippen LogP contribution >= 0.6 is 0 Å². The quantitative estimate of drug-likeness (QED) is 0.678. The number of urea groups is 1. The van der Waals surface area contributed by atoms with Crippen molar-refractivity contribution in [3.05, 3.63) is 36.0 Å². The third-order valence-electron chi connectivity index (χ3n) is 5.98. The fourth-order valence-corrected chi connectivity index (χ4v) is 4.40. The van der Waals surface area contributed by atoms with E-state index >= 15 is 0 Å². The first-order chi connectivity index (χ1) is 14.1. The summed E-state index contributed by atoms with van der Waals surface area (Å²) in [5.74, 6) is -0.597. The van der Waals surface area contributed by atoms with Crippen molar-refractivity contribution in [3.8, 4) is 0 Å². The van der Waals surface area contributed by atoms with Gasteiger partial charge >= 0.3 is 6.03 Å². The second-order valence-corrected chi connectivity index (χ2v) is 8.10. The Morgan fingerprint density at radius 2 is 1.79 bits per heavy atom. The van der Waals surface area contributed by atoms with Gasteiger partial charge in [-0.15, -0.1) is 0 Å². The highest BCUT2D eigenvalue weighted by Crippen LogP contribution is 2.21. The second-order valence-electron chi connectivity index (χ2n) is 8.10. The van der Waals surface area contributed by atoms with E-state index < -0.39 is 12.1 Å². The van der Waals surface area contributed by atoms with Gasteiger partial charge in [0.25, 0.3) is 5.91 Å². The number of carbonyl (C=O) groups excluding carboxylic acids is 3. The molecule has 1 aliphatic carbocycles. The van der Waals surface area contributed by atoms with Gasteiger partial charge in [-0.1, -0.05) is 50.3 Å². The number of rotatable bonds is 5. The molecule has 1 aliphatic heterocycles. The molecule has 1 aromatic carbocycles. The van der Waals surface area contributed by atoms with Crippen LogP contribution in [0, 0.1) is 0 Å². The van der Waals surface area contributed by atoms with E-state index in [1.54, 1.807) is 0 Å². The molecule has 2 aromatic rings. The maximum absolute atomic E-state index is 12.8. The van der Waals surface area contributed by atoms with Crippen LogP contribution in [-0.2, 0) is 16.0 Å². The number of nitrogens with zero attached hydrogens (tertiary/aromatic N) is 1. The van der Waals surface area contributed by atoms with Crippen LogP contribution in [0.5, 0.6) is 0 Å². The Balaban J connectivity index is 1.35. The number of carbonyl (C=O) groups is 3. The average molecular weight is 396 g/mol. The van der Waals surface area contributed by atoms with E-state index in [2.05, 4.69) is 15.6 Å². The van der Waals surface area contributed by atoms with E-state index in [0.29, 0.717) is 6.42 Å². The van der Waals surface area contributed by atoms with Crippen LogP contribution in [0.4, 0.5) is 4.79 Å². The minimum atomic E-state index is -0.643. The monoisotopic (exact) mass is 396 g/mol. The number of hydrogen-bond donors (Lipinski definition) is 3. The fraction of sp³-hybridized carbons (Fsp3) is 0.500. The first-order valence-corrected chi connectivity index (χ1v) is 10.6. The van der Waals surface area contributed by atoms with Crippen molar-refractivity contribution in [3.63, 3.8) is 0 Å². The van der Waals surface area contributed by atoms with Crippen LogP contribution in [0.2, 0.25) is 0 Å². The summed E-state index contributed by atoms with van der Waals surface area (Å²) >= 11 is 0. The molecular weight excluding hydrogens is 368 g/mol. The smallest absolute Gasteiger partial charge is 0.325 e. The SMILES string of the molecule is O=C(CN1C(=O)N[C@H](Cc2c[nH]c3ccccc23)C1=O)NC1CCCCCCC1. The van der Waals surface area contributed by atoms with Crippen LogP contribution in [0.25, 0.3) is 10.9 Å². The van der Waals surface area contributed by atoms with Crippen LogP contribution < -0.4 is 10.6 Å². The van der Waals surface area contributed by atoms with Gasteiger partial charge in [0, 0.05) is 29.6 Å². The summed E-state index contributed by atoms with van der Waals surface area (Å²) in [5, 5.41) is 6.79. The van der Waals surface area contributed by atoms with Crippen molar-refractivity contribution >= 4 is 28.7 Å². The number of imide groups is 1. The molecule has 4 rings (SSSR count). The van der Waals surface area contributed by atoms with Gasteiger partial charge in [0.05, 0.1) is 0 Å². The topological polar surface area (TPSA) is 94.3 Å². The molecule has 1 saturated carbocycles. The summed E-state index contributed by atoms with van der Waals surface area (Å²) in [7, 11) is 0. The first-order valence-electron chi connectivity index (χ1n) is 10.6. The normalized spacial score (nSPS) is 21.1. The molecule has 1 atom stereocenters. The molecule has 0 unspecified atom stereocenters. The van der Waals surface area contributed by atoms with Crippen LogP contribution in [0.15, 0.2) is 30.5 Å². The zero-order valence-electron chi connectivity index (χ0n) is 16.6. The van der Waals surface area contributed by atoms with Crippen molar-refractivity contribution in [2.24, 2.45) is 0 Å². The van der Waals surface area contributed by atoms with Gasteiger partial charge in [-0.2, -0.15) is 0 Å². The van der Waals surface area contributed by atoms with Gasteiger partial charge in [-0.05, 0) is 24.5 Å². The molecule has 1 aromatic heterocycles. The third-order valence-corrected chi connectivity index (χ3v) is 5.98. The highest BCUT2D eigenvalue weighted by atomic mass is 16.2. The number of hydrogen-bond acceptors (Lipinski definition) is 3. The number of fused-ring (bicyclic) bond motifs is 1. The predicted molar refractivity (Wildman–Crippen MR) is 110 cm³/mol. The molecule has 1 saturated heterocycles. The zero-order valence-corrected chi connectivity index (χ0v) is 16.6. The van der Waals surface area contributed by atoms with E-state index in [1.807, 2.05) is 30.5 Å². The van der Waals surface area contributed by atoms with Gasteiger partial charge in [-0.25, -0.2) is 4.79 Å². The lowest BCUT2D eigenvalue weighted by Gasteiger charge is -2.22. The summed E-state index contributed by atoms with van der Waals surface area (Å²) in [6, 6.07) is 6.86. The zero-order chi connectivity index (χ0) is 20.2. The minimum Gasteiger partial charge on any atom is -0.361 e. The molecule has 7 nitrogen and oxygen atoms in total. The Hall–Kier alpha value is -2.83. The summed E-state index contributed by atoms with van der Waals surface area (Å²) in [5.41, 5.74) is 1.97. The summed E-state index contributed by atoms with van der Waals surface area (Å²) < 4.78 is 0. The fourth-order valence-electron chi connectivity index (χ4n) is 4.40. The predicted octanol–water partition coefficient (Wildman–Crippen LogP) is 2.86. The van der Waals surface area contributed by atoms with Crippen LogP contribution in [0.3, 0.4) is 0 Å². The highest BCUT2D eigenvalue weighted by Gasteiger charge is 2.39. The molecule has 0 spiro atoms. The van der Waals surface area contributed by atoms with Crippen molar-refractivity contribution in [2.45, 2.75) is 63.5 Å². The average Bonchev–Trinajstić information content (AvgIpc) is 3.20. The van der Waals surface area contributed by atoms with Crippen LogP contribution in [-0.4, -0.2) is 46.4 Å². The molecule has 29 heavy (non-hydrogen) atoms. The van der Waals surface area contributed by atoms with Gasteiger partial charge in [0.15, 0.2) is 0 Å². The van der Waals surface area contributed by atoms with E-state index in [-0.39, 0.29) is 24.4 Å². The Kier molecular flexibility index (Phi) is 5.83. The third kappa shape index (κ3) is 4.44. The molecular formula is C22H28N4O3. The molecule has 2 aliphatic rings. The van der Waals surface area contributed by atoms with Gasteiger partial charge in [0.2, 0.25) is 5.91 Å². The maximum Gasteiger partial charge on any atom is 0.325 e. The largest absolute Gasteiger partial charge is 0.361 e. The lowest BCUT2D eigenvalue weighted by atomic mass is 9.97. The van der Waals surface area contributed by atoms with Crippen molar-refractivity contribution in [1.82, 2.24) is 20.5 Å². The Morgan fingerprint density at radius 1 is 1.07 bits per heavy atom. The standard InChI is InChI=1S/C22H28N4O3/c27-20(24-16-8-4-2-1-3-5-9-16)14-26-21(28)19(25-22(26)29)12-15-13-23-18-11-7-6-10-17(15)18/h6-7,10-11,13,16,19,23H,1-5,8-9,12,14H2,(H,24,27)(H,25,29)/t19-/m1/s1. The van der Waals surface area contributed by atoms with E-state index in [1.165, 1.54) is 19.3 Å². The summed E-state index contributed by atoms with van der Waals surface area (Å²) in [4.78, 5) is 41.8. The number of H-pyrrole nitrogens is 1. The number of amides is 4. The molecule has 0 bridgehead atoms. The van der Waals surface area contributed by atoms with Crippen molar-refractivity contribution in [1.29, 1.82) is 0 Å². The molecule has 0 radical (unpaired) electrons. The van der Waals surface area contributed by atoms with Crippen molar-refractivity contribution in [2.75, 3.05) is 6.54 Å². The minimum absolute atomic E-state index is 0.144. The Labute approximate surface area is 170 Å². The van der Waals surface area contributed by atoms with Gasteiger partial charge < -0.3 is 15.6 Å². The Morgan fingerprint density at radius 3 is 2.59 bits per heavy atom. The van der Waals surface area contributed by atoms with Gasteiger partial charge in [0.1, 0.15) is 12.6 Å². The number of nitrogens with one attached hydrogen (secondary N) is 3. The number of aromatic nitrogens is 1. The highest BCUT2D eigenvalue weighted by molar-refractivity contribution is 6.06. The molecule has 154 valence electrons. The number of para-hydroxylation sites is 1. The molecule has 3 N–H and O–H groups in total. The first kappa shape index (κ1) is 19.5. The van der Waals surface area contributed by atoms with E-state index in [9.17, 15) is 14.4 Å². The molecule has 2 heterocycles. The van der Waals surface area contributed by atoms with E-state index in [0.717, 1.165) is 47.0 Å². The van der Waals surface area contributed by atoms with E-state index in [4.69, 9.17) is 0 Å². The Bertz CT molecular complexity index is 898. The number of aromatic amines is 1. The number of benzene rings is 1. The van der Waals surface area contributed by atoms with Gasteiger partial charge in [-0.3, -0.25) is 14.5 Å². The molecule has 2 fully saturated rings. The summed E-state index contributed by atoms with van der Waals surface area (Å²) in [6.07, 6.45) is 10.1. The lowest BCUT2D eigenvalue weighted by molar-refractivity contribution is -0.132.